The van der Waals surface area contributed by atoms with Gasteiger partial charge in [-0.25, -0.2) is 0 Å². The van der Waals surface area contributed by atoms with Crippen LogP contribution in [0.15, 0.2) is 11.4 Å². The maximum atomic E-state index is 8.67. The Labute approximate surface area is 112 Å². The van der Waals surface area contributed by atoms with Crippen molar-refractivity contribution in [1.82, 2.24) is 4.90 Å². The summed E-state index contributed by atoms with van der Waals surface area (Å²) in [7, 11) is 1.77. The predicted molar refractivity (Wildman–Crippen MR) is 73.6 cm³/mol. The van der Waals surface area contributed by atoms with Gasteiger partial charge >= 0.3 is 0 Å². The second-order valence-electron chi connectivity index (χ2n) is 4.48. The summed E-state index contributed by atoms with van der Waals surface area (Å²) in [5.41, 5.74) is 1.01. The number of ether oxygens (including phenoxy) is 1. The first kappa shape index (κ1) is 13.6. The topological polar surface area (TPSA) is 32.7 Å². The van der Waals surface area contributed by atoms with E-state index >= 15 is 0 Å². The molecule has 1 atom stereocenters. The van der Waals surface area contributed by atoms with Gasteiger partial charge in [0.2, 0.25) is 0 Å². The minimum absolute atomic E-state index is 0.0762. The average molecular weight is 265 g/mol. The third-order valence-corrected chi connectivity index (χ3v) is 4.10. The fourth-order valence-corrected chi connectivity index (χ4v) is 3.20. The molecule has 1 aliphatic heterocycles. The van der Waals surface area contributed by atoms with Crippen LogP contribution in [0.4, 0.5) is 0 Å². The number of aliphatic hydroxyl groups is 1. The fourth-order valence-electron chi connectivity index (χ4n) is 2.36. The second kappa shape index (κ2) is 6.91. The summed E-state index contributed by atoms with van der Waals surface area (Å²) in [5, 5.41) is 10.7. The Morgan fingerprint density at radius 1 is 1.61 bits per heavy atom. The third kappa shape index (κ3) is 3.56. The molecule has 18 heavy (non-hydrogen) atoms. The summed E-state index contributed by atoms with van der Waals surface area (Å²) in [4.78, 5) is 3.82. The van der Waals surface area contributed by atoms with Gasteiger partial charge in [-0.3, -0.25) is 4.90 Å². The lowest BCUT2D eigenvalue weighted by Gasteiger charge is -2.22. The van der Waals surface area contributed by atoms with Crippen LogP contribution >= 0.6 is 11.3 Å². The minimum atomic E-state index is -0.0762. The van der Waals surface area contributed by atoms with Crippen molar-refractivity contribution >= 4 is 11.3 Å². The molecule has 4 heteroatoms. The van der Waals surface area contributed by atoms with Crippen LogP contribution in [0.2, 0.25) is 0 Å². The first-order chi connectivity index (χ1) is 8.83. The van der Waals surface area contributed by atoms with Crippen LogP contribution < -0.4 is 0 Å². The van der Waals surface area contributed by atoms with Gasteiger partial charge in [-0.2, -0.15) is 0 Å². The fraction of sp³-hybridized carbons (Fsp3) is 0.571. The molecule has 1 aromatic heterocycles. The van der Waals surface area contributed by atoms with Gasteiger partial charge in [-0.15, -0.1) is 11.3 Å². The standard InChI is InChI=1S/C14H19NO2S/c1-17-10-13-5-2-6-15(13)9-14-8-12(11-18-14)4-3-7-16/h8,11,13,16H,2,5-7,9-10H2,1H3/t13-/m0/s1. The number of aliphatic hydroxyl groups excluding tert-OH is 1. The van der Waals surface area contributed by atoms with E-state index in [4.69, 9.17) is 9.84 Å². The summed E-state index contributed by atoms with van der Waals surface area (Å²) in [6, 6.07) is 2.68. The van der Waals surface area contributed by atoms with Crippen LogP contribution in [0.3, 0.4) is 0 Å². The lowest BCUT2D eigenvalue weighted by molar-refractivity contribution is 0.112. The largest absolute Gasteiger partial charge is 0.384 e. The molecule has 2 heterocycles. The molecule has 0 aliphatic carbocycles. The van der Waals surface area contributed by atoms with Crippen molar-refractivity contribution < 1.29 is 9.84 Å². The van der Waals surface area contributed by atoms with Crippen LogP contribution in [0.5, 0.6) is 0 Å². The molecule has 1 N–H and O–H groups in total. The van der Waals surface area contributed by atoms with Crippen molar-refractivity contribution in [2.45, 2.75) is 25.4 Å². The highest BCUT2D eigenvalue weighted by molar-refractivity contribution is 7.10. The van der Waals surface area contributed by atoms with E-state index in [9.17, 15) is 0 Å². The Balaban J connectivity index is 1.94. The van der Waals surface area contributed by atoms with Crippen molar-refractivity contribution in [3.8, 4) is 11.8 Å². The van der Waals surface area contributed by atoms with E-state index in [1.807, 2.05) is 0 Å². The third-order valence-electron chi connectivity index (χ3n) is 3.18. The van der Waals surface area contributed by atoms with Crippen molar-refractivity contribution in [1.29, 1.82) is 0 Å². The Hall–Kier alpha value is -0.860. The molecule has 0 radical (unpaired) electrons. The first-order valence-electron chi connectivity index (χ1n) is 6.23. The summed E-state index contributed by atoms with van der Waals surface area (Å²) in [6.07, 6.45) is 2.49. The highest BCUT2D eigenvalue weighted by atomic mass is 32.1. The zero-order valence-corrected chi connectivity index (χ0v) is 11.5. The van der Waals surface area contributed by atoms with Gasteiger partial charge in [0.1, 0.15) is 6.61 Å². The Morgan fingerprint density at radius 2 is 2.50 bits per heavy atom. The normalized spacial score (nSPS) is 19.8. The van der Waals surface area contributed by atoms with Crippen LogP contribution in [-0.2, 0) is 11.3 Å². The molecule has 0 amide bonds. The lowest BCUT2D eigenvalue weighted by Crippen LogP contribution is -2.32. The zero-order chi connectivity index (χ0) is 12.8. The minimum Gasteiger partial charge on any atom is -0.384 e. The summed E-state index contributed by atoms with van der Waals surface area (Å²) in [5.74, 6) is 5.62. The summed E-state index contributed by atoms with van der Waals surface area (Å²) in [6.45, 7) is 2.89. The predicted octanol–water partition coefficient (Wildman–Crippen LogP) is 1.70. The van der Waals surface area contributed by atoms with E-state index < -0.39 is 0 Å². The maximum Gasteiger partial charge on any atom is 0.104 e. The van der Waals surface area contributed by atoms with Crippen molar-refractivity contribution in [3.63, 3.8) is 0 Å². The number of nitrogens with zero attached hydrogens (tertiary/aromatic N) is 1. The Morgan fingerprint density at radius 3 is 3.28 bits per heavy atom. The number of methoxy groups -OCH3 is 1. The van der Waals surface area contributed by atoms with E-state index in [-0.39, 0.29) is 6.61 Å². The van der Waals surface area contributed by atoms with E-state index in [1.165, 1.54) is 17.7 Å². The smallest absolute Gasteiger partial charge is 0.104 e. The molecule has 1 saturated heterocycles. The molecule has 0 unspecified atom stereocenters. The molecule has 2 rings (SSSR count). The van der Waals surface area contributed by atoms with E-state index in [1.54, 1.807) is 18.4 Å². The maximum absolute atomic E-state index is 8.67. The quantitative estimate of drug-likeness (QED) is 0.841. The Bertz CT molecular complexity index is 432. The molecule has 0 aromatic carbocycles. The van der Waals surface area contributed by atoms with E-state index in [0.29, 0.717) is 6.04 Å². The number of likely N-dealkylation sites (tertiary alicyclic amines) is 1. The van der Waals surface area contributed by atoms with Crippen LogP contribution in [0.25, 0.3) is 0 Å². The molecule has 1 fully saturated rings. The molecule has 0 bridgehead atoms. The van der Waals surface area contributed by atoms with Gasteiger partial charge < -0.3 is 9.84 Å². The van der Waals surface area contributed by atoms with Gasteiger partial charge in [0.25, 0.3) is 0 Å². The molecule has 3 nitrogen and oxygen atoms in total. The van der Waals surface area contributed by atoms with Gasteiger partial charge in [-0.05, 0) is 25.5 Å². The molecule has 1 aromatic rings. The van der Waals surface area contributed by atoms with Gasteiger partial charge in [0, 0.05) is 35.5 Å². The number of rotatable bonds is 4. The number of thiophene rings is 1. The number of hydrogen-bond donors (Lipinski definition) is 1. The number of hydrogen-bond acceptors (Lipinski definition) is 4. The van der Waals surface area contributed by atoms with Crippen molar-refractivity contribution in [2.24, 2.45) is 0 Å². The molecular weight excluding hydrogens is 246 g/mol. The average Bonchev–Trinajstić information content (AvgIpc) is 2.98. The van der Waals surface area contributed by atoms with Gasteiger partial charge in [0.15, 0.2) is 0 Å². The molecule has 0 saturated carbocycles. The van der Waals surface area contributed by atoms with Crippen LogP contribution in [0, 0.1) is 11.8 Å². The molecular formula is C14H19NO2S. The highest BCUT2D eigenvalue weighted by Gasteiger charge is 2.24. The lowest BCUT2D eigenvalue weighted by atomic mass is 10.2. The van der Waals surface area contributed by atoms with Crippen LogP contribution in [-0.4, -0.2) is 42.9 Å². The monoisotopic (exact) mass is 265 g/mol. The van der Waals surface area contributed by atoms with Crippen LogP contribution in [0.1, 0.15) is 23.3 Å². The highest BCUT2D eigenvalue weighted by Crippen LogP contribution is 2.23. The van der Waals surface area contributed by atoms with Gasteiger partial charge in [0.05, 0.1) is 6.61 Å². The molecule has 98 valence electrons. The van der Waals surface area contributed by atoms with Crippen molar-refractivity contribution in [2.75, 3.05) is 26.9 Å². The summed E-state index contributed by atoms with van der Waals surface area (Å²) < 4.78 is 5.26. The molecule has 0 spiro atoms. The van der Waals surface area contributed by atoms with Crippen molar-refractivity contribution in [3.05, 3.63) is 21.9 Å². The molecule has 1 aliphatic rings. The second-order valence-corrected chi connectivity index (χ2v) is 5.48. The summed E-state index contributed by atoms with van der Waals surface area (Å²) >= 11 is 1.74. The Kier molecular flexibility index (Phi) is 5.21. The van der Waals surface area contributed by atoms with E-state index in [0.717, 1.165) is 25.3 Å². The van der Waals surface area contributed by atoms with Gasteiger partial charge in [-0.1, -0.05) is 11.8 Å². The zero-order valence-electron chi connectivity index (χ0n) is 10.7. The van der Waals surface area contributed by atoms with E-state index in [2.05, 4.69) is 28.2 Å². The first-order valence-corrected chi connectivity index (χ1v) is 7.11. The SMILES string of the molecule is COC[C@@H]1CCCN1Cc1cc(C#CCO)cs1.